The van der Waals surface area contributed by atoms with Crippen LogP contribution in [-0.2, 0) is 13.7 Å². The van der Waals surface area contributed by atoms with Crippen molar-refractivity contribution in [2.45, 2.75) is 6.92 Å². The summed E-state index contributed by atoms with van der Waals surface area (Å²) in [5, 5.41) is 1.34. The molecule has 1 atom stereocenters. The molecule has 1 unspecified atom stereocenters. The van der Waals surface area contributed by atoms with Gasteiger partial charge in [0.05, 0.1) is 0 Å². The van der Waals surface area contributed by atoms with E-state index in [-0.39, 0.29) is 0 Å². The summed E-state index contributed by atoms with van der Waals surface area (Å²) in [5.74, 6) is 0. The van der Waals surface area contributed by atoms with Gasteiger partial charge in [0.1, 0.15) is 6.61 Å². The van der Waals surface area contributed by atoms with Crippen LogP contribution >= 0.6 is 8.25 Å². The molecule has 0 aliphatic rings. The molecule has 5 heteroatoms. The maximum atomic E-state index is 10.5. The van der Waals surface area contributed by atoms with E-state index >= 15 is 0 Å². The quantitative estimate of drug-likeness (QED) is 0.447. The lowest BCUT2D eigenvalue weighted by atomic mass is 10.9. The van der Waals surface area contributed by atoms with Crippen molar-refractivity contribution in [1.82, 2.24) is 5.06 Å². The molecule has 0 aliphatic carbocycles. The summed E-state index contributed by atoms with van der Waals surface area (Å²) in [6, 6.07) is 0. The highest BCUT2D eigenvalue weighted by molar-refractivity contribution is 7.33. The van der Waals surface area contributed by atoms with Crippen molar-refractivity contribution in [3.63, 3.8) is 0 Å². The molecule has 0 aromatic rings. The number of hydroxylamine groups is 2. The summed E-state index contributed by atoms with van der Waals surface area (Å²) < 4.78 is 19.7. The van der Waals surface area contributed by atoms with Crippen LogP contribution in [0.15, 0.2) is 0 Å². The van der Waals surface area contributed by atoms with Crippen molar-refractivity contribution in [2.24, 2.45) is 0 Å². The Labute approximate surface area is 55.7 Å². The van der Waals surface area contributed by atoms with Crippen molar-refractivity contribution in [1.29, 1.82) is 0 Å². The van der Waals surface area contributed by atoms with E-state index in [2.05, 4.69) is 9.15 Å². The summed E-state index contributed by atoms with van der Waals surface area (Å²) in [7, 11) is 1.35. The van der Waals surface area contributed by atoms with Gasteiger partial charge in [-0.25, -0.2) is 0 Å². The topological polar surface area (TPSA) is 38.8 Å². The minimum Gasteiger partial charge on any atom is -0.142 e. The molecule has 0 aromatic heterocycles. The Morgan fingerprint density at radius 2 is 2.11 bits per heavy atom. The number of hydrogen-bond donors (Lipinski definition) is 0. The van der Waals surface area contributed by atoms with Gasteiger partial charge in [-0.2, -0.15) is 0 Å². The number of hydrogen-bond acceptors (Lipinski definition) is 4. The van der Waals surface area contributed by atoms with E-state index in [1.807, 2.05) is 0 Å². The first kappa shape index (κ1) is 8.98. The van der Waals surface area contributed by atoms with Crippen molar-refractivity contribution < 1.29 is 13.7 Å². The van der Waals surface area contributed by atoms with Crippen LogP contribution in [-0.4, -0.2) is 25.8 Å². The molecule has 0 aliphatic heterocycles. The average Bonchev–Trinajstić information content (AvgIpc) is 1.63. The highest BCUT2D eigenvalue weighted by Gasteiger charge is 2.20. The minimum atomic E-state index is -1.94. The maximum Gasteiger partial charge on any atom is 0.716 e. The second kappa shape index (κ2) is 4.82. The molecule has 0 heterocycles. The molecule has 54 valence electrons. The third-order valence-electron chi connectivity index (χ3n) is 0.464. The first-order chi connectivity index (χ1) is 4.16. The molecule has 0 spiro atoms. The van der Waals surface area contributed by atoms with Gasteiger partial charge in [-0.1, -0.05) is 0 Å². The van der Waals surface area contributed by atoms with Crippen LogP contribution in [0.4, 0.5) is 0 Å². The molecule has 0 amide bonds. The van der Waals surface area contributed by atoms with Crippen LogP contribution in [0.5, 0.6) is 0 Å². The molecule has 0 fully saturated rings. The molecule has 0 bridgehead atoms. The molecule has 0 aromatic carbocycles. The van der Waals surface area contributed by atoms with Crippen molar-refractivity contribution in [3.8, 4) is 0 Å². The fourth-order valence-corrected chi connectivity index (χ4v) is 0.787. The van der Waals surface area contributed by atoms with Crippen molar-refractivity contribution in [2.75, 3.05) is 20.7 Å². The lowest BCUT2D eigenvalue weighted by Crippen LogP contribution is -2.07. The van der Waals surface area contributed by atoms with Gasteiger partial charge in [0, 0.05) is 18.7 Å². The maximum absolute atomic E-state index is 10.5. The average molecular weight is 152 g/mol. The first-order valence-corrected chi connectivity index (χ1v) is 3.72. The predicted molar refractivity (Wildman–Crippen MR) is 34.0 cm³/mol. The fraction of sp³-hybridized carbons (Fsp3) is 1.00. The van der Waals surface area contributed by atoms with Crippen LogP contribution in [0.2, 0.25) is 0 Å². The smallest absolute Gasteiger partial charge is 0.142 e. The lowest BCUT2D eigenvalue weighted by molar-refractivity contribution is -0.0114. The SMILES string of the molecule is CCO[P+](=O)ON(C)C. The Bertz CT molecular complexity index is 95.8. The van der Waals surface area contributed by atoms with Gasteiger partial charge in [-0.3, -0.25) is 0 Å². The Morgan fingerprint density at radius 1 is 1.56 bits per heavy atom. The predicted octanol–water partition coefficient (Wildman–Crippen LogP) is 1.17. The zero-order valence-electron chi connectivity index (χ0n) is 5.83. The molecular weight excluding hydrogens is 141 g/mol. The van der Waals surface area contributed by atoms with Gasteiger partial charge >= 0.3 is 8.25 Å². The van der Waals surface area contributed by atoms with Gasteiger partial charge < -0.3 is 0 Å². The normalized spacial score (nSPS) is 12.2. The van der Waals surface area contributed by atoms with E-state index in [4.69, 9.17) is 0 Å². The summed E-state index contributed by atoms with van der Waals surface area (Å²) in [6.07, 6.45) is 0. The van der Waals surface area contributed by atoms with Gasteiger partial charge in [0.2, 0.25) is 0 Å². The minimum absolute atomic E-state index is 0.406. The number of nitrogens with zero attached hydrogens (tertiary/aromatic N) is 1. The Hall–Kier alpha value is -0.0200. The fourth-order valence-electron chi connectivity index (χ4n) is 0.262. The Morgan fingerprint density at radius 3 is 2.44 bits per heavy atom. The van der Waals surface area contributed by atoms with E-state index in [0.29, 0.717) is 6.61 Å². The summed E-state index contributed by atoms with van der Waals surface area (Å²) in [5.41, 5.74) is 0. The van der Waals surface area contributed by atoms with Crippen LogP contribution in [0, 0.1) is 0 Å². The monoisotopic (exact) mass is 152 g/mol. The molecule has 0 rings (SSSR count). The van der Waals surface area contributed by atoms with Gasteiger partial charge in [0.15, 0.2) is 0 Å². The first-order valence-electron chi connectivity index (χ1n) is 2.62. The Balaban J connectivity index is 3.27. The molecule has 9 heavy (non-hydrogen) atoms. The largest absolute Gasteiger partial charge is 0.716 e. The van der Waals surface area contributed by atoms with Crippen LogP contribution < -0.4 is 0 Å². The van der Waals surface area contributed by atoms with Gasteiger partial charge in [-0.05, 0) is 11.5 Å². The van der Waals surface area contributed by atoms with Crippen molar-refractivity contribution >= 4 is 8.25 Å². The molecule has 0 saturated heterocycles. The van der Waals surface area contributed by atoms with Gasteiger partial charge in [0.25, 0.3) is 0 Å². The van der Waals surface area contributed by atoms with E-state index in [1.54, 1.807) is 21.0 Å². The lowest BCUT2D eigenvalue weighted by Gasteiger charge is -1.94. The highest BCUT2D eigenvalue weighted by Crippen LogP contribution is 2.23. The summed E-state index contributed by atoms with van der Waals surface area (Å²) in [4.78, 5) is 0. The van der Waals surface area contributed by atoms with Crippen LogP contribution in [0.3, 0.4) is 0 Å². The van der Waals surface area contributed by atoms with Crippen LogP contribution in [0.25, 0.3) is 0 Å². The van der Waals surface area contributed by atoms with E-state index in [0.717, 1.165) is 0 Å². The molecule has 4 nitrogen and oxygen atoms in total. The third kappa shape index (κ3) is 5.86. The molecule has 0 radical (unpaired) electrons. The van der Waals surface area contributed by atoms with E-state index in [1.165, 1.54) is 5.06 Å². The third-order valence-corrected chi connectivity index (χ3v) is 1.39. The van der Waals surface area contributed by atoms with E-state index < -0.39 is 8.25 Å². The van der Waals surface area contributed by atoms with Crippen molar-refractivity contribution in [3.05, 3.63) is 0 Å². The second-order valence-electron chi connectivity index (χ2n) is 1.54. The molecule has 0 saturated carbocycles. The van der Waals surface area contributed by atoms with Gasteiger partial charge in [-0.15, -0.1) is 9.59 Å². The van der Waals surface area contributed by atoms with Crippen LogP contribution in [0.1, 0.15) is 6.92 Å². The highest BCUT2D eigenvalue weighted by atomic mass is 31.1. The summed E-state index contributed by atoms with van der Waals surface area (Å²) >= 11 is 0. The van der Waals surface area contributed by atoms with E-state index in [9.17, 15) is 4.57 Å². The number of rotatable bonds is 4. The standard InChI is InChI=1S/C4H11NO3P/c1-4-7-9(6)8-5(2)3/h4H2,1-3H3/q+1. The molecular formula is C4H11NO3P+. The Kier molecular flexibility index (Phi) is 4.81. The zero-order chi connectivity index (χ0) is 7.28. The summed E-state index contributed by atoms with van der Waals surface area (Å²) in [6.45, 7) is 2.16. The molecule has 0 N–H and O–H groups in total. The zero-order valence-corrected chi connectivity index (χ0v) is 6.72. The second-order valence-corrected chi connectivity index (χ2v) is 2.40.